The Morgan fingerprint density at radius 1 is 1.00 bits per heavy atom. The molecular weight excluding hydrogens is 422 g/mol. The SMILES string of the molecule is CCOC(=O)C1CCN(Cc2c(O[C@H]3CC[C@@H](C(C)(C)C)CC3)cc(C)c3ccccc23)CC1. The monoisotopic (exact) mass is 465 g/mol. The molecule has 0 aromatic heterocycles. The van der Waals surface area contributed by atoms with Gasteiger partial charge >= 0.3 is 5.97 Å². The van der Waals surface area contributed by atoms with Gasteiger partial charge in [-0.05, 0) is 99.2 Å². The second-order valence-electron chi connectivity index (χ2n) is 11.5. The van der Waals surface area contributed by atoms with E-state index in [0.29, 0.717) is 18.1 Å². The van der Waals surface area contributed by atoms with Gasteiger partial charge in [0.05, 0.1) is 18.6 Å². The van der Waals surface area contributed by atoms with Crippen LogP contribution in [0.1, 0.15) is 77.3 Å². The molecule has 4 nitrogen and oxygen atoms in total. The first-order valence-corrected chi connectivity index (χ1v) is 13.3. The third-order valence-electron chi connectivity index (χ3n) is 8.10. The molecule has 34 heavy (non-hydrogen) atoms. The Labute approximate surface area is 206 Å². The first kappa shape index (κ1) is 25.0. The van der Waals surface area contributed by atoms with Gasteiger partial charge in [0.1, 0.15) is 5.75 Å². The molecule has 1 aliphatic carbocycles. The van der Waals surface area contributed by atoms with Crippen LogP contribution >= 0.6 is 0 Å². The number of fused-ring (bicyclic) bond motifs is 1. The topological polar surface area (TPSA) is 38.8 Å². The van der Waals surface area contributed by atoms with Crippen LogP contribution in [0.3, 0.4) is 0 Å². The molecule has 0 radical (unpaired) electrons. The molecule has 1 aliphatic heterocycles. The summed E-state index contributed by atoms with van der Waals surface area (Å²) in [6.07, 6.45) is 6.81. The lowest BCUT2D eigenvalue weighted by molar-refractivity contribution is -0.149. The number of piperidine rings is 1. The van der Waals surface area contributed by atoms with Gasteiger partial charge in [-0.15, -0.1) is 0 Å². The van der Waals surface area contributed by atoms with Crippen molar-refractivity contribution in [3.63, 3.8) is 0 Å². The molecule has 1 saturated carbocycles. The average Bonchev–Trinajstić information content (AvgIpc) is 2.82. The predicted molar refractivity (Wildman–Crippen MR) is 139 cm³/mol. The fourth-order valence-corrected chi connectivity index (χ4v) is 5.89. The van der Waals surface area contributed by atoms with Crippen LogP contribution in [0, 0.1) is 24.2 Å². The number of hydrogen-bond acceptors (Lipinski definition) is 4. The Kier molecular flexibility index (Phi) is 7.87. The summed E-state index contributed by atoms with van der Waals surface area (Å²) in [7, 11) is 0. The van der Waals surface area contributed by atoms with Gasteiger partial charge in [-0.25, -0.2) is 0 Å². The molecule has 4 rings (SSSR count). The van der Waals surface area contributed by atoms with Crippen molar-refractivity contribution in [1.29, 1.82) is 0 Å². The summed E-state index contributed by atoms with van der Waals surface area (Å²) < 4.78 is 12.0. The standard InChI is InChI=1S/C30H43NO3/c1-6-33-29(32)22-15-17-31(18-16-22)20-27-26-10-8-7-9-25(26)21(2)19-28(27)34-24-13-11-23(12-14-24)30(3,4)5/h7-10,19,22-24H,6,11-18,20H2,1-5H3/t23-,24+. The fraction of sp³-hybridized carbons (Fsp3) is 0.633. The molecular formula is C30H43NO3. The van der Waals surface area contributed by atoms with Crippen molar-refractivity contribution in [3.05, 3.63) is 41.5 Å². The first-order chi connectivity index (χ1) is 16.3. The predicted octanol–water partition coefficient (Wildman–Crippen LogP) is 6.91. The fourth-order valence-electron chi connectivity index (χ4n) is 5.89. The van der Waals surface area contributed by atoms with Gasteiger partial charge in [-0.1, -0.05) is 45.0 Å². The summed E-state index contributed by atoms with van der Waals surface area (Å²) >= 11 is 0. The lowest BCUT2D eigenvalue weighted by Gasteiger charge is -2.37. The third-order valence-corrected chi connectivity index (χ3v) is 8.10. The van der Waals surface area contributed by atoms with E-state index in [4.69, 9.17) is 9.47 Å². The lowest BCUT2D eigenvalue weighted by atomic mass is 9.72. The normalized spacial score (nSPS) is 22.6. The molecule has 0 unspecified atom stereocenters. The lowest BCUT2D eigenvalue weighted by Crippen LogP contribution is -2.36. The van der Waals surface area contributed by atoms with Crippen molar-refractivity contribution in [2.24, 2.45) is 17.3 Å². The number of ether oxygens (including phenoxy) is 2. The smallest absolute Gasteiger partial charge is 0.309 e. The highest BCUT2D eigenvalue weighted by Crippen LogP contribution is 2.40. The zero-order chi connectivity index (χ0) is 24.3. The van der Waals surface area contributed by atoms with Crippen molar-refractivity contribution in [2.75, 3.05) is 19.7 Å². The van der Waals surface area contributed by atoms with Crippen molar-refractivity contribution in [3.8, 4) is 5.75 Å². The van der Waals surface area contributed by atoms with Gasteiger partial charge in [0, 0.05) is 12.1 Å². The minimum absolute atomic E-state index is 0.0298. The quantitative estimate of drug-likeness (QED) is 0.435. The minimum atomic E-state index is -0.0298. The maximum atomic E-state index is 12.2. The van der Waals surface area contributed by atoms with Crippen LogP contribution in [-0.2, 0) is 16.1 Å². The van der Waals surface area contributed by atoms with Gasteiger partial charge in [-0.2, -0.15) is 0 Å². The van der Waals surface area contributed by atoms with Crippen LogP contribution in [0.4, 0.5) is 0 Å². The number of aryl methyl sites for hydroxylation is 1. The van der Waals surface area contributed by atoms with E-state index >= 15 is 0 Å². The molecule has 186 valence electrons. The van der Waals surface area contributed by atoms with Gasteiger partial charge in [0.15, 0.2) is 0 Å². The Bertz CT molecular complexity index is 976. The van der Waals surface area contributed by atoms with E-state index in [1.165, 1.54) is 34.7 Å². The highest BCUT2D eigenvalue weighted by Gasteiger charge is 2.31. The van der Waals surface area contributed by atoms with Gasteiger partial charge < -0.3 is 9.47 Å². The molecule has 2 aromatic carbocycles. The first-order valence-electron chi connectivity index (χ1n) is 13.3. The molecule has 0 amide bonds. The molecule has 2 aliphatic rings. The second-order valence-corrected chi connectivity index (χ2v) is 11.5. The van der Waals surface area contributed by atoms with Crippen LogP contribution in [0.2, 0.25) is 0 Å². The molecule has 4 heteroatoms. The minimum Gasteiger partial charge on any atom is -0.490 e. The zero-order valence-electron chi connectivity index (χ0n) is 21.9. The summed E-state index contributed by atoms with van der Waals surface area (Å²) in [6.45, 7) is 14.4. The van der Waals surface area contributed by atoms with Crippen molar-refractivity contribution < 1.29 is 14.3 Å². The Morgan fingerprint density at radius 2 is 1.65 bits per heavy atom. The van der Waals surface area contributed by atoms with E-state index in [0.717, 1.165) is 57.0 Å². The van der Waals surface area contributed by atoms with Crippen LogP contribution < -0.4 is 4.74 Å². The number of nitrogens with zero attached hydrogens (tertiary/aromatic N) is 1. The van der Waals surface area contributed by atoms with Crippen LogP contribution in [0.5, 0.6) is 5.75 Å². The van der Waals surface area contributed by atoms with Crippen LogP contribution in [0.25, 0.3) is 10.8 Å². The molecule has 2 aromatic rings. The summed E-state index contributed by atoms with van der Waals surface area (Å²) in [5.74, 6) is 1.85. The van der Waals surface area contributed by atoms with E-state index in [1.807, 2.05) is 6.92 Å². The van der Waals surface area contributed by atoms with Crippen molar-refractivity contribution >= 4 is 16.7 Å². The molecule has 0 bridgehead atoms. The van der Waals surface area contributed by atoms with Crippen molar-refractivity contribution in [2.45, 2.75) is 85.8 Å². The molecule has 1 saturated heterocycles. The maximum Gasteiger partial charge on any atom is 0.309 e. The number of carbonyl (C=O) groups excluding carboxylic acids is 1. The van der Waals surface area contributed by atoms with Crippen LogP contribution in [-0.4, -0.2) is 36.7 Å². The van der Waals surface area contributed by atoms with E-state index in [-0.39, 0.29) is 11.9 Å². The van der Waals surface area contributed by atoms with Gasteiger partial charge in [-0.3, -0.25) is 9.69 Å². The molecule has 0 atom stereocenters. The van der Waals surface area contributed by atoms with E-state index in [2.05, 4.69) is 62.9 Å². The highest BCUT2D eigenvalue weighted by molar-refractivity contribution is 5.90. The Balaban J connectivity index is 1.51. The van der Waals surface area contributed by atoms with E-state index < -0.39 is 0 Å². The number of hydrogen-bond donors (Lipinski definition) is 0. The summed E-state index contributed by atoms with van der Waals surface area (Å²) in [6, 6.07) is 11.0. The number of rotatable bonds is 6. The Hall–Kier alpha value is -2.07. The summed E-state index contributed by atoms with van der Waals surface area (Å²) in [5.41, 5.74) is 2.96. The van der Waals surface area contributed by atoms with E-state index in [9.17, 15) is 4.79 Å². The number of likely N-dealkylation sites (tertiary alicyclic amines) is 1. The van der Waals surface area contributed by atoms with Crippen molar-refractivity contribution in [1.82, 2.24) is 4.90 Å². The second kappa shape index (κ2) is 10.7. The average molecular weight is 466 g/mol. The van der Waals surface area contributed by atoms with Gasteiger partial charge in [0.25, 0.3) is 0 Å². The molecule has 1 heterocycles. The number of carbonyl (C=O) groups is 1. The maximum absolute atomic E-state index is 12.2. The highest BCUT2D eigenvalue weighted by atomic mass is 16.5. The summed E-state index contributed by atoms with van der Waals surface area (Å²) in [5, 5.41) is 2.61. The molecule has 0 N–H and O–H groups in total. The van der Waals surface area contributed by atoms with E-state index in [1.54, 1.807) is 0 Å². The summed E-state index contributed by atoms with van der Waals surface area (Å²) in [4.78, 5) is 14.7. The van der Waals surface area contributed by atoms with Crippen LogP contribution in [0.15, 0.2) is 30.3 Å². The number of esters is 1. The third kappa shape index (κ3) is 5.76. The largest absolute Gasteiger partial charge is 0.490 e. The Morgan fingerprint density at radius 3 is 2.26 bits per heavy atom. The van der Waals surface area contributed by atoms with Gasteiger partial charge in [0.2, 0.25) is 0 Å². The zero-order valence-corrected chi connectivity index (χ0v) is 21.9. The molecule has 0 spiro atoms. The molecule has 2 fully saturated rings. The number of benzene rings is 2.